The Morgan fingerprint density at radius 2 is 0.881 bits per heavy atom. The van der Waals surface area contributed by atoms with Crippen LogP contribution in [0.1, 0.15) is 16.7 Å². The molecule has 7 rings (SSSR count). The average Bonchev–Trinajstić information content (AvgIpc) is 3.05. The third-order valence-electron chi connectivity index (χ3n) is 7.55. The SMILES string of the molecule is c1ccc2cc(COc3ccc(SCc4ccc5ccccc5c4)c(OCc4ccc5ccccc5c4)c3)ccc2c1. The summed E-state index contributed by atoms with van der Waals surface area (Å²) < 4.78 is 12.7. The van der Waals surface area contributed by atoms with E-state index in [1.54, 1.807) is 11.8 Å². The van der Waals surface area contributed by atoms with E-state index >= 15 is 0 Å². The van der Waals surface area contributed by atoms with Gasteiger partial charge in [-0.1, -0.05) is 115 Å². The van der Waals surface area contributed by atoms with Crippen molar-refractivity contribution in [3.05, 3.63) is 162 Å². The molecule has 0 aromatic heterocycles. The maximum atomic E-state index is 6.48. The summed E-state index contributed by atoms with van der Waals surface area (Å²) in [6, 6.07) is 51.2. The van der Waals surface area contributed by atoms with Crippen LogP contribution in [0.5, 0.6) is 11.5 Å². The van der Waals surface area contributed by atoms with Gasteiger partial charge in [-0.05, 0) is 73.3 Å². The van der Waals surface area contributed by atoms with Crippen LogP contribution in [0.4, 0.5) is 0 Å². The van der Waals surface area contributed by atoms with Gasteiger partial charge >= 0.3 is 0 Å². The number of benzene rings is 7. The van der Waals surface area contributed by atoms with Crippen LogP contribution in [0.15, 0.2) is 150 Å². The van der Waals surface area contributed by atoms with E-state index in [1.165, 1.54) is 37.9 Å². The standard InChI is InChI=1S/C39H30O2S/c1-4-10-34-21-28(13-16-31(34)7-1)25-40-37-19-20-39(42-27-30-15-18-33-9-3-6-12-36(33)23-30)38(24-37)41-26-29-14-17-32-8-2-5-11-35(32)22-29/h1-24H,25-27H2. The van der Waals surface area contributed by atoms with Crippen LogP contribution in [0.3, 0.4) is 0 Å². The Morgan fingerprint density at radius 3 is 1.45 bits per heavy atom. The van der Waals surface area contributed by atoms with Crippen molar-refractivity contribution in [3.63, 3.8) is 0 Å². The van der Waals surface area contributed by atoms with Crippen molar-refractivity contribution in [1.82, 2.24) is 0 Å². The highest BCUT2D eigenvalue weighted by atomic mass is 32.2. The molecule has 42 heavy (non-hydrogen) atoms. The highest BCUT2D eigenvalue weighted by molar-refractivity contribution is 7.98. The van der Waals surface area contributed by atoms with Crippen molar-refractivity contribution < 1.29 is 9.47 Å². The molecule has 0 aliphatic carbocycles. The number of thioether (sulfide) groups is 1. The molecule has 0 aliphatic rings. The molecular weight excluding hydrogens is 532 g/mol. The Bertz CT molecular complexity index is 2010. The second-order valence-electron chi connectivity index (χ2n) is 10.5. The third kappa shape index (κ3) is 5.97. The van der Waals surface area contributed by atoms with E-state index in [1.807, 2.05) is 12.1 Å². The predicted octanol–water partition coefficient (Wildman–Crippen LogP) is 10.6. The van der Waals surface area contributed by atoms with Gasteiger partial charge in [0.05, 0.1) is 0 Å². The fraction of sp³-hybridized carbons (Fsp3) is 0.0769. The van der Waals surface area contributed by atoms with E-state index in [-0.39, 0.29) is 0 Å². The molecule has 0 saturated carbocycles. The molecule has 7 aromatic carbocycles. The molecule has 0 saturated heterocycles. The van der Waals surface area contributed by atoms with Crippen LogP contribution >= 0.6 is 11.8 Å². The van der Waals surface area contributed by atoms with Crippen LogP contribution in [-0.2, 0) is 19.0 Å². The normalized spacial score (nSPS) is 11.2. The molecule has 0 fully saturated rings. The minimum Gasteiger partial charge on any atom is -0.489 e. The number of rotatable bonds is 9. The first-order chi connectivity index (χ1) is 20.8. The van der Waals surface area contributed by atoms with Crippen LogP contribution in [0.2, 0.25) is 0 Å². The summed E-state index contributed by atoms with van der Waals surface area (Å²) in [5.41, 5.74) is 3.57. The lowest BCUT2D eigenvalue weighted by Gasteiger charge is -2.15. The maximum absolute atomic E-state index is 6.48. The van der Waals surface area contributed by atoms with E-state index < -0.39 is 0 Å². The second-order valence-corrected chi connectivity index (χ2v) is 11.5. The molecule has 7 aromatic rings. The Morgan fingerprint density at radius 1 is 0.405 bits per heavy atom. The van der Waals surface area contributed by atoms with E-state index in [2.05, 4.69) is 133 Å². The summed E-state index contributed by atoms with van der Waals surface area (Å²) in [6.07, 6.45) is 0. The van der Waals surface area contributed by atoms with Crippen LogP contribution in [0, 0.1) is 0 Å². The summed E-state index contributed by atoms with van der Waals surface area (Å²) in [6.45, 7) is 0.987. The molecule has 204 valence electrons. The van der Waals surface area contributed by atoms with Gasteiger partial charge in [0, 0.05) is 16.7 Å². The van der Waals surface area contributed by atoms with Crippen molar-refractivity contribution in [2.75, 3.05) is 0 Å². The van der Waals surface area contributed by atoms with Crippen LogP contribution in [-0.4, -0.2) is 0 Å². The van der Waals surface area contributed by atoms with Gasteiger partial charge < -0.3 is 9.47 Å². The van der Waals surface area contributed by atoms with Gasteiger partial charge in [-0.3, -0.25) is 0 Å². The van der Waals surface area contributed by atoms with Crippen molar-refractivity contribution in [1.29, 1.82) is 0 Å². The maximum Gasteiger partial charge on any atom is 0.137 e. The molecule has 2 nitrogen and oxygen atoms in total. The molecule has 0 unspecified atom stereocenters. The number of ether oxygens (including phenoxy) is 2. The molecule has 0 heterocycles. The topological polar surface area (TPSA) is 18.5 Å². The lowest BCUT2D eigenvalue weighted by Crippen LogP contribution is -1.99. The fourth-order valence-electron chi connectivity index (χ4n) is 5.28. The van der Waals surface area contributed by atoms with Gasteiger partial charge in [0.25, 0.3) is 0 Å². The van der Waals surface area contributed by atoms with E-state index in [0.29, 0.717) is 13.2 Å². The molecule has 0 aliphatic heterocycles. The van der Waals surface area contributed by atoms with Gasteiger partial charge in [0.1, 0.15) is 24.7 Å². The largest absolute Gasteiger partial charge is 0.489 e. The average molecular weight is 563 g/mol. The third-order valence-corrected chi connectivity index (χ3v) is 8.68. The second kappa shape index (κ2) is 12.0. The zero-order valence-corrected chi connectivity index (χ0v) is 24.0. The molecule has 0 bridgehead atoms. The van der Waals surface area contributed by atoms with Gasteiger partial charge in [-0.25, -0.2) is 0 Å². The first-order valence-corrected chi connectivity index (χ1v) is 15.2. The van der Waals surface area contributed by atoms with E-state index in [9.17, 15) is 0 Å². The summed E-state index contributed by atoms with van der Waals surface area (Å²) in [4.78, 5) is 1.10. The molecule has 0 amide bonds. The van der Waals surface area contributed by atoms with Crippen molar-refractivity contribution in [3.8, 4) is 11.5 Å². The molecule has 0 radical (unpaired) electrons. The van der Waals surface area contributed by atoms with Crippen molar-refractivity contribution >= 4 is 44.1 Å². The summed E-state index contributed by atoms with van der Waals surface area (Å²) in [5.74, 6) is 2.49. The minimum atomic E-state index is 0.489. The van der Waals surface area contributed by atoms with Gasteiger partial charge in [0.15, 0.2) is 0 Å². The smallest absolute Gasteiger partial charge is 0.137 e. The molecular formula is C39H30O2S. The molecule has 0 spiro atoms. The first kappa shape index (κ1) is 26.2. The van der Waals surface area contributed by atoms with Gasteiger partial charge in [-0.2, -0.15) is 0 Å². The van der Waals surface area contributed by atoms with E-state index in [4.69, 9.17) is 9.47 Å². The Labute approximate surface area is 250 Å². The monoisotopic (exact) mass is 562 g/mol. The fourth-order valence-corrected chi connectivity index (χ4v) is 6.21. The zero-order valence-electron chi connectivity index (χ0n) is 23.2. The van der Waals surface area contributed by atoms with Gasteiger partial charge in [-0.15, -0.1) is 11.8 Å². The highest BCUT2D eigenvalue weighted by Crippen LogP contribution is 2.36. The number of hydrogen-bond donors (Lipinski definition) is 0. The van der Waals surface area contributed by atoms with Crippen molar-refractivity contribution in [2.45, 2.75) is 23.9 Å². The minimum absolute atomic E-state index is 0.489. The Hall–Kier alpha value is -4.73. The highest BCUT2D eigenvalue weighted by Gasteiger charge is 2.10. The molecule has 0 N–H and O–H groups in total. The lowest BCUT2D eigenvalue weighted by atomic mass is 10.1. The van der Waals surface area contributed by atoms with Crippen LogP contribution in [0.25, 0.3) is 32.3 Å². The first-order valence-electron chi connectivity index (χ1n) is 14.2. The number of fused-ring (bicyclic) bond motifs is 3. The zero-order chi connectivity index (χ0) is 28.1. The van der Waals surface area contributed by atoms with Crippen LogP contribution < -0.4 is 9.47 Å². The van der Waals surface area contributed by atoms with Gasteiger partial charge in [0.2, 0.25) is 0 Å². The summed E-state index contributed by atoms with van der Waals surface area (Å²) in [5, 5.41) is 7.44. The molecule has 3 heteroatoms. The molecule has 0 atom stereocenters. The number of hydrogen-bond acceptors (Lipinski definition) is 3. The van der Waals surface area contributed by atoms with Crippen molar-refractivity contribution in [2.24, 2.45) is 0 Å². The Kier molecular flexibility index (Phi) is 7.49. The Balaban J connectivity index is 1.11. The summed E-state index contributed by atoms with van der Waals surface area (Å²) in [7, 11) is 0. The summed E-state index contributed by atoms with van der Waals surface area (Å²) >= 11 is 1.79. The predicted molar refractivity (Wildman–Crippen MR) is 177 cm³/mol. The lowest BCUT2D eigenvalue weighted by molar-refractivity contribution is 0.285. The van der Waals surface area contributed by atoms with E-state index in [0.717, 1.165) is 33.3 Å². The quantitative estimate of drug-likeness (QED) is 0.163.